The normalized spacial score (nSPS) is 12.9. The molecule has 4 rings (SSSR count). The number of benzene rings is 3. The van der Waals surface area contributed by atoms with E-state index in [2.05, 4.69) is 27.3 Å². The van der Waals surface area contributed by atoms with Gasteiger partial charge in [-0.15, -0.1) is 0 Å². The molecule has 0 spiro atoms. The summed E-state index contributed by atoms with van der Waals surface area (Å²) in [5.74, 6) is -0.385. The zero-order chi connectivity index (χ0) is 19.9. The molecule has 1 amide bonds. The molecular weight excluding hydrogens is 440 g/mol. The Morgan fingerprint density at radius 1 is 1.07 bits per heavy atom. The fourth-order valence-electron chi connectivity index (χ4n) is 3.71. The van der Waals surface area contributed by atoms with E-state index >= 15 is 0 Å². The van der Waals surface area contributed by atoms with E-state index < -0.39 is 10.0 Å². The van der Waals surface area contributed by atoms with Gasteiger partial charge in [-0.25, -0.2) is 8.42 Å². The summed E-state index contributed by atoms with van der Waals surface area (Å²) in [7, 11) is -3.62. The fraction of sp³-hybridized carbons (Fsp3) is 0.190. The maximum atomic E-state index is 12.7. The Bertz CT molecular complexity index is 1180. The van der Waals surface area contributed by atoms with Crippen LogP contribution in [0.3, 0.4) is 0 Å². The molecule has 0 fully saturated rings. The molecule has 3 aromatic carbocycles. The van der Waals surface area contributed by atoms with Crippen molar-refractivity contribution < 1.29 is 13.2 Å². The number of anilines is 2. The monoisotopic (exact) mass is 458 g/mol. The van der Waals surface area contributed by atoms with Gasteiger partial charge in [-0.1, -0.05) is 46.3 Å². The molecule has 1 aliphatic rings. The number of nitrogens with zero attached hydrogens (tertiary/aromatic N) is 1. The number of hydrogen-bond donors (Lipinski definition) is 1. The highest BCUT2D eigenvalue weighted by atomic mass is 79.9. The molecule has 1 aliphatic carbocycles. The van der Waals surface area contributed by atoms with Gasteiger partial charge in [0.05, 0.1) is 11.9 Å². The van der Waals surface area contributed by atoms with E-state index in [1.54, 1.807) is 24.3 Å². The van der Waals surface area contributed by atoms with Crippen LogP contribution in [0.1, 0.15) is 11.1 Å². The summed E-state index contributed by atoms with van der Waals surface area (Å²) in [5.41, 5.74) is 3.72. The number of sulfonamides is 1. The highest BCUT2D eigenvalue weighted by Gasteiger charge is 2.22. The van der Waals surface area contributed by atoms with Crippen molar-refractivity contribution in [3.8, 4) is 0 Å². The SMILES string of the molecule is CS(=O)(=O)N(CC(=O)Nc1ccc2c3c(cccc13)CC2)c1cccc(Br)c1. The lowest BCUT2D eigenvalue weighted by atomic mass is 10.0. The molecule has 0 aromatic heterocycles. The predicted octanol–water partition coefficient (Wildman–Crippen LogP) is 4.11. The van der Waals surface area contributed by atoms with Crippen LogP contribution in [0, 0.1) is 0 Å². The zero-order valence-corrected chi connectivity index (χ0v) is 17.7. The molecule has 0 bridgehead atoms. The quantitative estimate of drug-likeness (QED) is 0.625. The van der Waals surface area contributed by atoms with Gasteiger partial charge in [-0.05, 0) is 53.6 Å². The predicted molar refractivity (Wildman–Crippen MR) is 116 cm³/mol. The van der Waals surface area contributed by atoms with E-state index in [1.165, 1.54) is 16.5 Å². The molecule has 7 heteroatoms. The fourth-order valence-corrected chi connectivity index (χ4v) is 4.94. The van der Waals surface area contributed by atoms with E-state index in [0.717, 1.165) is 33.3 Å². The third-order valence-corrected chi connectivity index (χ3v) is 6.57. The lowest BCUT2D eigenvalue weighted by molar-refractivity contribution is -0.114. The Hall–Kier alpha value is -2.38. The summed E-state index contributed by atoms with van der Waals surface area (Å²) in [6, 6.07) is 16.9. The minimum absolute atomic E-state index is 0.293. The van der Waals surface area contributed by atoms with Gasteiger partial charge in [0.1, 0.15) is 6.54 Å². The number of halogens is 1. The molecule has 0 radical (unpaired) electrons. The Labute approximate surface area is 172 Å². The number of aryl methyl sites for hydroxylation is 2. The van der Waals surface area contributed by atoms with Crippen LogP contribution in [0.4, 0.5) is 11.4 Å². The second-order valence-electron chi connectivity index (χ2n) is 6.91. The van der Waals surface area contributed by atoms with Crippen LogP contribution in [0.2, 0.25) is 0 Å². The first kappa shape index (κ1) is 19.0. The Balaban J connectivity index is 1.63. The average molecular weight is 459 g/mol. The number of hydrogen-bond acceptors (Lipinski definition) is 3. The van der Waals surface area contributed by atoms with E-state index in [9.17, 15) is 13.2 Å². The van der Waals surface area contributed by atoms with E-state index in [-0.39, 0.29) is 12.5 Å². The standard InChI is InChI=1S/C21H19BrN2O3S/c1-28(26,27)24(17-6-3-5-16(22)12-17)13-20(25)23-19-11-10-15-9-8-14-4-2-7-18(19)21(14)15/h2-7,10-12H,8-9,13H2,1H3,(H,23,25). The number of nitrogens with one attached hydrogen (secondary N) is 1. The van der Waals surface area contributed by atoms with Crippen molar-refractivity contribution in [2.75, 3.05) is 22.4 Å². The van der Waals surface area contributed by atoms with E-state index in [1.807, 2.05) is 24.3 Å². The van der Waals surface area contributed by atoms with Gasteiger partial charge in [-0.3, -0.25) is 9.10 Å². The average Bonchev–Trinajstić information content (AvgIpc) is 3.06. The number of rotatable bonds is 5. The molecule has 0 aliphatic heterocycles. The number of amides is 1. The summed E-state index contributed by atoms with van der Waals surface area (Å²) in [6.45, 7) is -0.293. The molecule has 3 aromatic rings. The van der Waals surface area contributed by atoms with Gasteiger partial charge in [0.15, 0.2) is 0 Å². The van der Waals surface area contributed by atoms with Gasteiger partial charge in [0, 0.05) is 15.5 Å². The van der Waals surface area contributed by atoms with Crippen molar-refractivity contribution in [3.05, 3.63) is 70.2 Å². The third kappa shape index (κ3) is 3.64. The summed E-state index contributed by atoms with van der Waals surface area (Å²) < 4.78 is 26.4. The van der Waals surface area contributed by atoms with E-state index in [0.29, 0.717) is 11.4 Å². The second kappa shape index (κ2) is 7.22. The third-order valence-electron chi connectivity index (χ3n) is 4.93. The molecule has 0 saturated carbocycles. The van der Waals surface area contributed by atoms with Gasteiger partial charge in [0.2, 0.25) is 15.9 Å². The molecular formula is C21H19BrN2O3S. The topological polar surface area (TPSA) is 66.5 Å². The Morgan fingerprint density at radius 3 is 2.50 bits per heavy atom. The van der Waals surface area contributed by atoms with Crippen molar-refractivity contribution in [1.29, 1.82) is 0 Å². The van der Waals surface area contributed by atoms with Crippen LogP contribution in [-0.2, 0) is 27.7 Å². The van der Waals surface area contributed by atoms with E-state index in [4.69, 9.17) is 0 Å². The lowest BCUT2D eigenvalue weighted by Crippen LogP contribution is -2.37. The molecule has 0 unspecified atom stereocenters. The molecule has 5 nitrogen and oxygen atoms in total. The minimum atomic E-state index is -3.62. The summed E-state index contributed by atoms with van der Waals surface area (Å²) >= 11 is 3.34. The van der Waals surface area contributed by atoms with Gasteiger partial charge < -0.3 is 5.32 Å². The summed E-state index contributed by atoms with van der Waals surface area (Å²) in [5, 5.41) is 5.09. The van der Waals surface area contributed by atoms with Crippen LogP contribution in [-0.4, -0.2) is 27.1 Å². The van der Waals surface area contributed by atoms with Crippen molar-refractivity contribution in [3.63, 3.8) is 0 Å². The molecule has 28 heavy (non-hydrogen) atoms. The van der Waals surface area contributed by atoms with Crippen LogP contribution in [0.5, 0.6) is 0 Å². The number of carbonyl (C=O) groups excluding carboxylic acids is 1. The largest absolute Gasteiger partial charge is 0.324 e. The molecule has 0 atom stereocenters. The highest BCUT2D eigenvalue weighted by molar-refractivity contribution is 9.10. The van der Waals surface area contributed by atoms with Crippen LogP contribution >= 0.6 is 15.9 Å². The van der Waals surface area contributed by atoms with Gasteiger partial charge >= 0.3 is 0 Å². The van der Waals surface area contributed by atoms with Crippen molar-refractivity contribution in [1.82, 2.24) is 0 Å². The van der Waals surface area contributed by atoms with Crippen LogP contribution < -0.4 is 9.62 Å². The van der Waals surface area contributed by atoms with Gasteiger partial charge in [0.25, 0.3) is 0 Å². The number of carbonyl (C=O) groups is 1. The summed E-state index contributed by atoms with van der Waals surface area (Å²) in [4.78, 5) is 12.7. The van der Waals surface area contributed by atoms with Crippen LogP contribution in [0.25, 0.3) is 10.8 Å². The smallest absolute Gasteiger partial charge is 0.245 e. The first-order chi connectivity index (χ1) is 13.3. The van der Waals surface area contributed by atoms with Crippen molar-refractivity contribution in [2.24, 2.45) is 0 Å². The molecule has 0 saturated heterocycles. The first-order valence-electron chi connectivity index (χ1n) is 8.89. The zero-order valence-electron chi connectivity index (χ0n) is 15.3. The Morgan fingerprint density at radius 2 is 1.79 bits per heavy atom. The molecule has 0 heterocycles. The molecule has 1 N–H and O–H groups in total. The minimum Gasteiger partial charge on any atom is -0.324 e. The Kier molecular flexibility index (Phi) is 4.89. The molecule has 144 valence electrons. The van der Waals surface area contributed by atoms with Crippen molar-refractivity contribution >= 4 is 54.0 Å². The van der Waals surface area contributed by atoms with Crippen molar-refractivity contribution in [2.45, 2.75) is 12.8 Å². The maximum Gasteiger partial charge on any atom is 0.245 e. The maximum absolute atomic E-state index is 12.7. The highest BCUT2D eigenvalue weighted by Crippen LogP contribution is 2.35. The van der Waals surface area contributed by atoms with Crippen LogP contribution in [0.15, 0.2) is 59.1 Å². The first-order valence-corrected chi connectivity index (χ1v) is 11.5. The lowest BCUT2D eigenvalue weighted by Gasteiger charge is -2.22. The summed E-state index contributed by atoms with van der Waals surface area (Å²) in [6.07, 6.45) is 3.11. The van der Waals surface area contributed by atoms with Gasteiger partial charge in [-0.2, -0.15) is 0 Å². The second-order valence-corrected chi connectivity index (χ2v) is 9.73.